The number of nitro benzene ring substituents is 1. The lowest BCUT2D eigenvalue weighted by molar-refractivity contribution is -0.385. The van der Waals surface area contributed by atoms with Crippen LogP contribution >= 0.6 is 0 Å². The van der Waals surface area contributed by atoms with Crippen molar-refractivity contribution >= 4 is 11.7 Å². The van der Waals surface area contributed by atoms with E-state index in [4.69, 9.17) is 0 Å². The van der Waals surface area contributed by atoms with Gasteiger partial charge in [0.25, 0.3) is 5.69 Å². The first-order valence-electron chi connectivity index (χ1n) is 6.13. The normalized spacial score (nSPS) is 13.6. The van der Waals surface area contributed by atoms with Crippen molar-refractivity contribution < 1.29 is 24.7 Å². The molecule has 0 aromatic heterocycles. The Morgan fingerprint density at radius 2 is 2.10 bits per heavy atom. The van der Waals surface area contributed by atoms with Gasteiger partial charge in [-0.3, -0.25) is 14.9 Å². The molecule has 7 nitrogen and oxygen atoms in total. The number of benzene rings is 1. The average Bonchev–Trinajstić information content (AvgIpc) is 2.38. The Hall–Kier alpha value is -1.99. The molecule has 0 bridgehead atoms. The van der Waals surface area contributed by atoms with Gasteiger partial charge in [-0.15, -0.1) is 0 Å². The lowest BCUT2D eigenvalue weighted by Crippen LogP contribution is -2.23. The number of carbonyl (C=O) groups is 1. The molecule has 2 atom stereocenters. The molecule has 0 radical (unpaired) electrons. The summed E-state index contributed by atoms with van der Waals surface area (Å²) < 4.78 is 4.66. The molecule has 7 heteroatoms. The number of nitro groups is 1. The first-order chi connectivity index (χ1) is 9.36. The molecule has 1 rings (SSSR count). The Balaban J connectivity index is 2.86. The number of hydrogen-bond acceptors (Lipinski definition) is 6. The summed E-state index contributed by atoms with van der Waals surface area (Å²) in [5.74, 6) is -0.638. The first-order valence-corrected chi connectivity index (χ1v) is 6.13. The van der Waals surface area contributed by atoms with Gasteiger partial charge in [-0.2, -0.15) is 0 Å². The molecule has 0 fully saturated rings. The van der Waals surface area contributed by atoms with E-state index in [0.29, 0.717) is 5.56 Å². The number of aliphatic hydroxyl groups excluding tert-OH is 2. The highest BCUT2D eigenvalue weighted by atomic mass is 16.6. The predicted molar refractivity (Wildman–Crippen MR) is 70.1 cm³/mol. The van der Waals surface area contributed by atoms with Crippen molar-refractivity contribution in [2.75, 3.05) is 6.61 Å². The van der Waals surface area contributed by atoms with Crippen molar-refractivity contribution in [1.82, 2.24) is 0 Å². The molecule has 0 saturated heterocycles. The van der Waals surface area contributed by atoms with Gasteiger partial charge in [-0.05, 0) is 19.4 Å². The lowest BCUT2D eigenvalue weighted by Gasteiger charge is -2.17. The monoisotopic (exact) mass is 283 g/mol. The summed E-state index contributed by atoms with van der Waals surface area (Å²) in [6, 6.07) is 4.14. The standard InChI is InChI=1S/C13H17NO6/c1-3-20-12(16)7-11(15)13(17)9-5-4-8(2)10(6-9)14(18)19/h4-6,11,13,15,17H,3,7H2,1-2H3. The Kier molecular flexibility index (Phi) is 5.60. The maximum absolute atomic E-state index is 11.2. The van der Waals surface area contributed by atoms with E-state index < -0.39 is 23.1 Å². The molecule has 0 amide bonds. The van der Waals surface area contributed by atoms with Gasteiger partial charge in [0, 0.05) is 11.6 Å². The molecular weight excluding hydrogens is 266 g/mol. The summed E-state index contributed by atoms with van der Waals surface area (Å²) in [7, 11) is 0. The minimum absolute atomic E-state index is 0.148. The van der Waals surface area contributed by atoms with Gasteiger partial charge in [-0.1, -0.05) is 12.1 Å². The Bertz CT molecular complexity index is 502. The summed E-state index contributed by atoms with van der Waals surface area (Å²) in [6.07, 6.45) is -3.15. The molecule has 0 heterocycles. The van der Waals surface area contributed by atoms with Crippen LogP contribution in [0.4, 0.5) is 5.69 Å². The summed E-state index contributed by atoms with van der Waals surface area (Å²) in [6.45, 7) is 3.38. The van der Waals surface area contributed by atoms with E-state index >= 15 is 0 Å². The maximum Gasteiger partial charge on any atom is 0.308 e. The zero-order chi connectivity index (χ0) is 15.3. The maximum atomic E-state index is 11.2. The second kappa shape index (κ2) is 6.97. The fourth-order valence-electron chi connectivity index (χ4n) is 1.73. The van der Waals surface area contributed by atoms with Crippen LogP contribution < -0.4 is 0 Å². The summed E-state index contributed by atoms with van der Waals surface area (Å²) in [5.41, 5.74) is 0.481. The third-order valence-corrected chi connectivity index (χ3v) is 2.82. The van der Waals surface area contributed by atoms with E-state index in [2.05, 4.69) is 4.74 Å². The highest BCUT2D eigenvalue weighted by molar-refractivity contribution is 5.70. The van der Waals surface area contributed by atoms with Gasteiger partial charge in [0.1, 0.15) is 6.10 Å². The predicted octanol–water partition coefficient (Wildman–Crippen LogP) is 1.25. The zero-order valence-corrected chi connectivity index (χ0v) is 11.3. The third-order valence-electron chi connectivity index (χ3n) is 2.82. The van der Waals surface area contributed by atoms with E-state index in [1.165, 1.54) is 18.2 Å². The van der Waals surface area contributed by atoms with Crippen molar-refractivity contribution in [3.05, 3.63) is 39.4 Å². The first kappa shape index (κ1) is 16.1. The van der Waals surface area contributed by atoms with Crippen LogP contribution in [-0.2, 0) is 9.53 Å². The largest absolute Gasteiger partial charge is 0.466 e. The van der Waals surface area contributed by atoms with Crippen LogP contribution in [0.5, 0.6) is 0 Å². The second-order valence-corrected chi connectivity index (χ2v) is 4.32. The zero-order valence-electron chi connectivity index (χ0n) is 11.3. The molecular formula is C13H17NO6. The number of aliphatic hydroxyl groups is 2. The van der Waals surface area contributed by atoms with Crippen LogP contribution in [0, 0.1) is 17.0 Å². The van der Waals surface area contributed by atoms with E-state index in [-0.39, 0.29) is 24.3 Å². The molecule has 20 heavy (non-hydrogen) atoms. The number of esters is 1. The minimum atomic E-state index is -1.39. The number of aryl methyl sites for hydroxylation is 1. The Morgan fingerprint density at radius 3 is 2.65 bits per heavy atom. The van der Waals surface area contributed by atoms with Crippen molar-refractivity contribution in [3.8, 4) is 0 Å². The molecule has 0 aliphatic rings. The molecule has 0 aliphatic carbocycles. The number of carbonyl (C=O) groups excluding carboxylic acids is 1. The minimum Gasteiger partial charge on any atom is -0.466 e. The molecule has 2 N–H and O–H groups in total. The number of ether oxygens (including phenoxy) is 1. The molecule has 0 aliphatic heterocycles. The highest BCUT2D eigenvalue weighted by Gasteiger charge is 2.24. The van der Waals surface area contributed by atoms with Crippen molar-refractivity contribution in [2.24, 2.45) is 0 Å². The van der Waals surface area contributed by atoms with E-state index in [1.807, 2.05) is 0 Å². The molecule has 0 saturated carbocycles. The third kappa shape index (κ3) is 4.01. The molecule has 0 spiro atoms. The molecule has 110 valence electrons. The van der Waals surface area contributed by atoms with Crippen molar-refractivity contribution in [1.29, 1.82) is 0 Å². The highest BCUT2D eigenvalue weighted by Crippen LogP contribution is 2.26. The van der Waals surface area contributed by atoms with Crippen molar-refractivity contribution in [3.63, 3.8) is 0 Å². The summed E-state index contributed by atoms with van der Waals surface area (Å²) in [4.78, 5) is 21.5. The lowest BCUT2D eigenvalue weighted by atomic mass is 10.00. The van der Waals surface area contributed by atoms with Crippen LogP contribution in [0.15, 0.2) is 18.2 Å². The fraction of sp³-hybridized carbons (Fsp3) is 0.462. The number of nitrogens with zero attached hydrogens (tertiary/aromatic N) is 1. The smallest absolute Gasteiger partial charge is 0.308 e. The van der Waals surface area contributed by atoms with E-state index in [1.54, 1.807) is 13.8 Å². The number of rotatable bonds is 6. The Morgan fingerprint density at radius 1 is 1.45 bits per heavy atom. The number of hydrogen-bond donors (Lipinski definition) is 2. The van der Waals surface area contributed by atoms with E-state index in [0.717, 1.165) is 0 Å². The van der Waals surface area contributed by atoms with Gasteiger partial charge in [0.05, 0.1) is 24.1 Å². The van der Waals surface area contributed by atoms with Crippen LogP contribution in [0.1, 0.15) is 30.6 Å². The Labute approximate surface area is 116 Å². The van der Waals surface area contributed by atoms with Crippen LogP contribution in [0.25, 0.3) is 0 Å². The van der Waals surface area contributed by atoms with Crippen LogP contribution in [0.3, 0.4) is 0 Å². The average molecular weight is 283 g/mol. The SMILES string of the molecule is CCOC(=O)CC(O)C(O)c1ccc(C)c([N+](=O)[O-])c1. The molecule has 1 aromatic carbocycles. The topological polar surface area (TPSA) is 110 Å². The van der Waals surface area contributed by atoms with Crippen LogP contribution in [-0.4, -0.2) is 33.8 Å². The summed E-state index contributed by atoms with van der Waals surface area (Å²) >= 11 is 0. The van der Waals surface area contributed by atoms with E-state index in [9.17, 15) is 25.1 Å². The quantitative estimate of drug-likeness (QED) is 0.462. The van der Waals surface area contributed by atoms with Gasteiger partial charge in [0.15, 0.2) is 0 Å². The molecule has 1 aromatic rings. The van der Waals surface area contributed by atoms with Gasteiger partial charge in [-0.25, -0.2) is 0 Å². The van der Waals surface area contributed by atoms with Crippen LogP contribution in [0.2, 0.25) is 0 Å². The fourth-order valence-corrected chi connectivity index (χ4v) is 1.73. The molecule has 2 unspecified atom stereocenters. The van der Waals surface area contributed by atoms with Gasteiger partial charge in [0.2, 0.25) is 0 Å². The second-order valence-electron chi connectivity index (χ2n) is 4.32. The van der Waals surface area contributed by atoms with Gasteiger partial charge < -0.3 is 14.9 Å². The van der Waals surface area contributed by atoms with Crippen molar-refractivity contribution in [2.45, 2.75) is 32.5 Å². The van der Waals surface area contributed by atoms with Gasteiger partial charge >= 0.3 is 5.97 Å². The summed E-state index contributed by atoms with van der Waals surface area (Å²) in [5, 5.41) is 30.5.